The van der Waals surface area contributed by atoms with Gasteiger partial charge in [0.15, 0.2) is 5.60 Å². The van der Waals surface area contributed by atoms with Crippen LogP contribution in [0, 0.1) is 0 Å². The molecule has 11 heteroatoms. The summed E-state index contributed by atoms with van der Waals surface area (Å²) in [6.07, 6.45) is 3.28. The molecular formula is C23H25Cl2N3O5S. The Kier molecular flexibility index (Phi) is 9.04. The van der Waals surface area contributed by atoms with Gasteiger partial charge in [-0.2, -0.15) is 4.31 Å². The Morgan fingerprint density at radius 3 is 2.32 bits per heavy atom. The molecular weight excluding hydrogens is 501 g/mol. The van der Waals surface area contributed by atoms with Gasteiger partial charge in [0.05, 0.1) is 18.0 Å². The summed E-state index contributed by atoms with van der Waals surface area (Å²) < 4.78 is 34.2. The van der Waals surface area contributed by atoms with E-state index >= 15 is 0 Å². The first-order chi connectivity index (χ1) is 15.3. The van der Waals surface area contributed by atoms with Crippen molar-refractivity contribution in [3.05, 3.63) is 90.3 Å². The molecule has 0 radical (unpaired) electrons. The number of benzene rings is 2. The van der Waals surface area contributed by atoms with Crippen LogP contribution in [0.4, 0.5) is 0 Å². The van der Waals surface area contributed by atoms with Crippen LogP contribution in [-0.4, -0.2) is 47.9 Å². The average molecular weight is 526 g/mol. The normalized spacial score (nSPS) is 15.7. The third kappa shape index (κ3) is 5.68. The van der Waals surface area contributed by atoms with Crippen molar-refractivity contribution in [1.29, 1.82) is 0 Å². The Bertz CT molecular complexity index is 1210. The van der Waals surface area contributed by atoms with Gasteiger partial charge >= 0.3 is 5.97 Å². The van der Waals surface area contributed by atoms with Crippen LogP contribution < -0.4 is 10.5 Å². The van der Waals surface area contributed by atoms with E-state index in [9.17, 15) is 13.2 Å². The van der Waals surface area contributed by atoms with E-state index in [1.165, 1.54) is 16.4 Å². The molecule has 1 aliphatic heterocycles. The van der Waals surface area contributed by atoms with Gasteiger partial charge in [0.25, 0.3) is 0 Å². The number of carboxylic acid groups (broad SMARTS) is 1. The molecule has 1 aliphatic rings. The van der Waals surface area contributed by atoms with Gasteiger partial charge in [0.2, 0.25) is 10.0 Å². The van der Waals surface area contributed by atoms with Crippen molar-refractivity contribution in [3.63, 3.8) is 0 Å². The minimum atomic E-state index is -3.80. The lowest BCUT2D eigenvalue weighted by atomic mass is 9.87. The Labute approximate surface area is 210 Å². The third-order valence-electron chi connectivity index (χ3n) is 5.44. The van der Waals surface area contributed by atoms with Crippen LogP contribution >= 0.6 is 24.8 Å². The van der Waals surface area contributed by atoms with Crippen molar-refractivity contribution in [2.75, 3.05) is 13.1 Å². The molecule has 0 saturated carbocycles. The van der Waals surface area contributed by atoms with Crippen molar-refractivity contribution >= 4 is 40.8 Å². The lowest BCUT2D eigenvalue weighted by Gasteiger charge is -2.48. The number of halogens is 2. The Balaban J connectivity index is 0.00000204. The molecule has 3 N–H and O–H groups in total. The monoisotopic (exact) mass is 525 g/mol. The fraction of sp³-hybridized carbons (Fsp3) is 0.217. The van der Waals surface area contributed by atoms with E-state index in [0.717, 1.165) is 5.56 Å². The van der Waals surface area contributed by atoms with Gasteiger partial charge in [0.1, 0.15) is 11.8 Å². The SMILES string of the molecule is Cl.Cl.N[C@@H](Cc1cccc(S(=O)(=O)N2CC(Oc3ccncc3)(c3ccccc3)C2)c1)C(=O)O. The number of aromatic nitrogens is 1. The highest BCUT2D eigenvalue weighted by Crippen LogP contribution is 2.39. The summed E-state index contributed by atoms with van der Waals surface area (Å²) in [7, 11) is -3.80. The van der Waals surface area contributed by atoms with E-state index in [-0.39, 0.29) is 49.2 Å². The molecule has 2 aromatic carbocycles. The number of ether oxygens (including phenoxy) is 1. The summed E-state index contributed by atoms with van der Waals surface area (Å²) in [5.74, 6) is -0.535. The second kappa shape index (κ2) is 11.2. The van der Waals surface area contributed by atoms with Gasteiger partial charge < -0.3 is 15.6 Å². The zero-order valence-corrected chi connectivity index (χ0v) is 20.4. The van der Waals surface area contributed by atoms with E-state index in [4.69, 9.17) is 15.6 Å². The van der Waals surface area contributed by atoms with Crippen molar-refractivity contribution < 1.29 is 23.1 Å². The molecule has 182 valence electrons. The van der Waals surface area contributed by atoms with Crippen molar-refractivity contribution in [3.8, 4) is 5.75 Å². The lowest BCUT2D eigenvalue weighted by molar-refractivity contribution is -0.138. The highest BCUT2D eigenvalue weighted by atomic mass is 35.5. The summed E-state index contributed by atoms with van der Waals surface area (Å²) in [4.78, 5) is 15.1. The number of hydrogen-bond acceptors (Lipinski definition) is 6. The zero-order valence-electron chi connectivity index (χ0n) is 18.0. The molecule has 0 amide bonds. The molecule has 4 rings (SSSR count). The molecule has 1 aromatic heterocycles. The quantitative estimate of drug-likeness (QED) is 0.463. The molecule has 0 spiro atoms. The Morgan fingerprint density at radius 1 is 1.06 bits per heavy atom. The number of carbonyl (C=O) groups is 1. The van der Waals surface area contributed by atoms with Crippen LogP contribution in [0.15, 0.2) is 84.0 Å². The maximum absolute atomic E-state index is 13.3. The largest absolute Gasteiger partial charge is 0.480 e. The summed E-state index contributed by atoms with van der Waals surface area (Å²) in [6, 6.07) is 18.1. The van der Waals surface area contributed by atoms with Gasteiger partial charge in [-0.1, -0.05) is 42.5 Å². The van der Waals surface area contributed by atoms with Crippen LogP contribution in [0.2, 0.25) is 0 Å². The maximum Gasteiger partial charge on any atom is 0.320 e. The predicted octanol–water partition coefficient (Wildman–Crippen LogP) is 2.86. The highest BCUT2D eigenvalue weighted by molar-refractivity contribution is 7.89. The summed E-state index contributed by atoms with van der Waals surface area (Å²) >= 11 is 0. The number of nitrogens with zero attached hydrogens (tertiary/aromatic N) is 2. The van der Waals surface area contributed by atoms with Gasteiger partial charge in [-0.15, -0.1) is 24.8 Å². The molecule has 3 aromatic rings. The number of nitrogens with two attached hydrogens (primary N) is 1. The fourth-order valence-corrected chi connectivity index (χ4v) is 5.30. The minimum Gasteiger partial charge on any atom is -0.480 e. The van der Waals surface area contributed by atoms with Gasteiger partial charge in [-0.3, -0.25) is 9.78 Å². The van der Waals surface area contributed by atoms with E-state index in [1.807, 2.05) is 30.3 Å². The first-order valence-electron chi connectivity index (χ1n) is 10.0. The number of hydrogen-bond donors (Lipinski definition) is 2. The van der Waals surface area contributed by atoms with Crippen molar-refractivity contribution in [1.82, 2.24) is 9.29 Å². The highest BCUT2D eigenvalue weighted by Gasteiger charge is 2.52. The number of aliphatic carboxylic acids is 1. The van der Waals surface area contributed by atoms with Crippen LogP contribution in [0.25, 0.3) is 0 Å². The fourth-order valence-electron chi connectivity index (χ4n) is 3.70. The average Bonchev–Trinajstić information content (AvgIpc) is 2.77. The smallest absolute Gasteiger partial charge is 0.320 e. The molecule has 2 heterocycles. The number of sulfonamides is 1. The summed E-state index contributed by atoms with van der Waals surface area (Å²) in [5.41, 5.74) is 6.20. The number of rotatable bonds is 8. The van der Waals surface area contributed by atoms with E-state index < -0.39 is 27.6 Å². The topological polar surface area (TPSA) is 123 Å². The maximum atomic E-state index is 13.3. The van der Waals surface area contributed by atoms with E-state index in [2.05, 4.69) is 4.98 Å². The van der Waals surface area contributed by atoms with Crippen LogP contribution in [0.5, 0.6) is 5.75 Å². The molecule has 0 unspecified atom stereocenters. The number of carboxylic acids is 1. The summed E-state index contributed by atoms with van der Waals surface area (Å²) in [5, 5.41) is 9.03. The van der Waals surface area contributed by atoms with Crippen LogP contribution in [-0.2, 0) is 26.8 Å². The standard InChI is InChI=1S/C23H23N3O5S.2ClH/c24-21(22(27)28)14-17-5-4-8-20(13-17)32(29,30)26-15-23(16-26,18-6-2-1-3-7-18)31-19-9-11-25-12-10-19;;/h1-13,21H,14-16,24H2,(H,27,28);2*1H/t21-;;/m0../s1. The molecule has 0 bridgehead atoms. The first-order valence-corrected chi connectivity index (χ1v) is 11.5. The second-order valence-electron chi connectivity index (χ2n) is 7.71. The molecule has 8 nitrogen and oxygen atoms in total. The van der Waals surface area contributed by atoms with Gasteiger partial charge in [-0.05, 0) is 41.8 Å². The number of pyridine rings is 1. The Hall–Kier alpha value is -2.69. The molecule has 34 heavy (non-hydrogen) atoms. The second-order valence-corrected chi connectivity index (χ2v) is 9.65. The van der Waals surface area contributed by atoms with Crippen molar-refractivity contribution in [2.24, 2.45) is 5.73 Å². The predicted molar refractivity (Wildman–Crippen MR) is 132 cm³/mol. The molecule has 1 saturated heterocycles. The molecule has 1 atom stereocenters. The molecule has 1 fully saturated rings. The van der Waals surface area contributed by atoms with E-state index in [1.54, 1.807) is 36.7 Å². The third-order valence-corrected chi connectivity index (χ3v) is 7.22. The summed E-state index contributed by atoms with van der Waals surface area (Å²) in [6.45, 7) is 0.279. The van der Waals surface area contributed by atoms with Crippen LogP contribution in [0.3, 0.4) is 0 Å². The molecule has 0 aliphatic carbocycles. The van der Waals surface area contributed by atoms with Gasteiger partial charge in [0, 0.05) is 12.4 Å². The minimum absolute atomic E-state index is 0. The van der Waals surface area contributed by atoms with Crippen LogP contribution in [0.1, 0.15) is 11.1 Å². The van der Waals surface area contributed by atoms with Gasteiger partial charge in [-0.25, -0.2) is 8.42 Å². The van der Waals surface area contributed by atoms with Crippen molar-refractivity contribution in [2.45, 2.75) is 23.0 Å². The zero-order chi connectivity index (χ0) is 22.8. The first kappa shape index (κ1) is 27.6. The Morgan fingerprint density at radius 2 is 1.71 bits per heavy atom. The lowest BCUT2D eigenvalue weighted by Crippen LogP contribution is -2.64. The van der Waals surface area contributed by atoms with E-state index in [0.29, 0.717) is 11.3 Å².